The molecule has 1 aliphatic carbocycles. The molecule has 1 saturated carbocycles. The Labute approximate surface area is 98.4 Å². The lowest BCUT2D eigenvalue weighted by Crippen LogP contribution is -2.37. The van der Waals surface area contributed by atoms with Gasteiger partial charge in [-0.15, -0.1) is 0 Å². The van der Waals surface area contributed by atoms with E-state index in [9.17, 15) is 5.11 Å². The first kappa shape index (κ1) is 13.3. The topological polar surface area (TPSA) is 23.5 Å². The van der Waals surface area contributed by atoms with Crippen LogP contribution in [0.15, 0.2) is 0 Å². The lowest BCUT2D eigenvalue weighted by Gasteiger charge is -2.34. The first-order chi connectivity index (χ1) is 7.13. The van der Waals surface area contributed by atoms with Crippen LogP contribution in [-0.2, 0) is 0 Å². The molecule has 1 N–H and O–H groups in total. The van der Waals surface area contributed by atoms with Gasteiger partial charge in [0.05, 0.1) is 6.10 Å². The Kier molecular flexibility index (Phi) is 6.02. The molecule has 0 aromatic heterocycles. The molecule has 0 saturated heterocycles. The molecule has 3 atom stereocenters. The number of rotatable bonds is 5. The second-order valence-corrected chi connectivity index (χ2v) is 5.99. The largest absolute Gasteiger partial charge is 0.393 e. The molecule has 0 aromatic rings. The van der Waals surface area contributed by atoms with Crippen LogP contribution in [-0.4, -0.2) is 48.3 Å². The second-order valence-electron chi connectivity index (χ2n) is 5.00. The fourth-order valence-corrected chi connectivity index (χ4v) is 2.91. The number of thioether (sulfide) groups is 1. The highest BCUT2D eigenvalue weighted by Gasteiger charge is 2.27. The van der Waals surface area contributed by atoms with E-state index in [1.807, 2.05) is 11.8 Å². The summed E-state index contributed by atoms with van der Waals surface area (Å²) in [5.74, 6) is 2.49. The van der Waals surface area contributed by atoms with Gasteiger partial charge in [0.2, 0.25) is 0 Å². The molecule has 0 aliphatic heterocycles. The van der Waals surface area contributed by atoms with Gasteiger partial charge in [0.15, 0.2) is 0 Å². The monoisotopic (exact) mass is 231 g/mol. The van der Waals surface area contributed by atoms with Crippen molar-refractivity contribution in [2.75, 3.05) is 32.1 Å². The highest BCUT2D eigenvalue weighted by molar-refractivity contribution is 7.98. The van der Waals surface area contributed by atoms with Gasteiger partial charge in [-0.3, -0.25) is 0 Å². The van der Waals surface area contributed by atoms with Gasteiger partial charge in [-0.25, -0.2) is 0 Å². The van der Waals surface area contributed by atoms with E-state index >= 15 is 0 Å². The van der Waals surface area contributed by atoms with E-state index in [1.165, 1.54) is 18.6 Å². The highest BCUT2D eigenvalue weighted by atomic mass is 32.2. The van der Waals surface area contributed by atoms with Crippen molar-refractivity contribution >= 4 is 11.8 Å². The van der Waals surface area contributed by atoms with E-state index in [4.69, 9.17) is 0 Å². The summed E-state index contributed by atoms with van der Waals surface area (Å²) < 4.78 is 0. The molecule has 0 spiro atoms. The third kappa shape index (κ3) is 4.75. The minimum absolute atomic E-state index is 0.0575. The van der Waals surface area contributed by atoms with Crippen molar-refractivity contribution in [2.45, 2.75) is 32.3 Å². The standard InChI is InChI=1S/C12H25NOS/c1-10-4-5-12(14)11(8-10)9-13(2)6-7-15-3/h10-12,14H,4-9H2,1-3H3. The fourth-order valence-electron chi connectivity index (χ4n) is 2.42. The zero-order chi connectivity index (χ0) is 11.3. The first-order valence-corrected chi connectivity index (χ1v) is 7.38. The Bertz CT molecular complexity index is 177. The molecule has 1 aliphatic rings. The molecule has 0 aromatic carbocycles. The lowest BCUT2D eigenvalue weighted by molar-refractivity contribution is 0.0359. The molecule has 3 unspecified atom stereocenters. The maximum Gasteiger partial charge on any atom is 0.0580 e. The molecule has 15 heavy (non-hydrogen) atoms. The van der Waals surface area contributed by atoms with Crippen LogP contribution in [0.1, 0.15) is 26.2 Å². The second kappa shape index (κ2) is 6.77. The number of hydrogen-bond donors (Lipinski definition) is 1. The van der Waals surface area contributed by atoms with E-state index < -0.39 is 0 Å². The van der Waals surface area contributed by atoms with Crippen molar-refractivity contribution in [2.24, 2.45) is 11.8 Å². The molecular formula is C12H25NOS. The van der Waals surface area contributed by atoms with Crippen molar-refractivity contribution in [3.8, 4) is 0 Å². The molecule has 1 rings (SSSR count). The fraction of sp³-hybridized carbons (Fsp3) is 1.00. The van der Waals surface area contributed by atoms with Crippen LogP contribution in [0.4, 0.5) is 0 Å². The Morgan fingerprint density at radius 1 is 1.40 bits per heavy atom. The van der Waals surface area contributed by atoms with Crippen molar-refractivity contribution in [1.29, 1.82) is 0 Å². The first-order valence-electron chi connectivity index (χ1n) is 5.99. The zero-order valence-electron chi connectivity index (χ0n) is 10.3. The zero-order valence-corrected chi connectivity index (χ0v) is 11.1. The number of nitrogens with zero attached hydrogens (tertiary/aromatic N) is 1. The predicted molar refractivity (Wildman–Crippen MR) is 68.4 cm³/mol. The van der Waals surface area contributed by atoms with E-state index in [0.29, 0.717) is 5.92 Å². The summed E-state index contributed by atoms with van der Waals surface area (Å²) >= 11 is 1.89. The molecule has 2 nitrogen and oxygen atoms in total. The molecule has 90 valence electrons. The molecular weight excluding hydrogens is 206 g/mol. The number of hydrogen-bond acceptors (Lipinski definition) is 3. The molecule has 0 radical (unpaired) electrons. The van der Waals surface area contributed by atoms with Crippen molar-refractivity contribution in [3.63, 3.8) is 0 Å². The Morgan fingerprint density at radius 3 is 2.80 bits per heavy atom. The van der Waals surface area contributed by atoms with E-state index in [0.717, 1.165) is 25.4 Å². The molecule has 0 bridgehead atoms. The molecule has 3 heteroatoms. The van der Waals surface area contributed by atoms with Gasteiger partial charge in [-0.05, 0) is 44.4 Å². The average Bonchev–Trinajstić information content (AvgIpc) is 2.20. The highest BCUT2D eigenvalue weighted by Crippen LogP contribution is 2.29. The summed E-state index contributed by atoms with van der Waals surface area (Å²) in [6.07, 6.45) is 5.49. The summed E-state index contributed by atoms with van der Waals surface area (Å²) in [6, 6.07) is 0. The van der Waals surface area contributed by atoms with E-state index in [2.05, 4.69) is 25.1 Å². The molecule has 0 amide bonds. The quantitative estimate of drug-likeness (QED) is 0.783. The number of aliphatic hydroxyl groups excluding tert-OH is 1. The van der Waals surface area contributed by atoms with Crippen LogP contribution < -0.4 is 0 Å². The smallest absolute Gasteiger partial charge is 0.0580 e. The van der Waals surface area contributed by atoms with Gasteiger partial charge in [0, 0.05) is 18.8 Å². The SMILES string of the molecule is CSCCN(C)CC1CC(C)CCC1O. The van der Waals surface area contributed by atoms with Crippen molar-refractivity contribution < 1.29 is 5.11 Å². The van der Waals surface area contributed by atoms with Crippen LogP contribution in [0.3, 0.4) is 0 Å². The Balaban J connectivity index is 2.28. The average molecular weight is 231 g/mol. The van der Waals surface area contributed by atoms with E-state index in [-0.39, 0.29) is 6.10 Å². The molecule has 0 heterocycles. The summed E-state index contributed by atoms with van der Waals surface area (Å²) in [5.41, 5.74) is 0. The van der Waals surface area contributed by atoms with Crippen LogP contribution in [0.5, 0.6) is 0 Å². The maximum absolute atomic E-state index is 9.93. The van der Waals surface area contributed by atoms with Gasteiger partial charge >= 0.3 is 0 Å². The van der Waals surface area contributed by atoms with Crippen LogP contribution in [0, 0.1) is 11.8 Å². The van der Waals surface area contributed by atoms with Gasteiger partial charge < -0.3 is 10.0 Å². The Hall–Kier alpha value is 0.270. The van der Waals surface area contributed by atoms with Crippen LogP contribution >= 0.6 is 11.8 Å². The third-order valence-corrected chi connectivity index (χ3v) is 4.02. The summed E-state index contributed by atoms with van der Waals surface area (Å²) in [7, 11) is 2.17. The van der Waals surface area contributed by atoms with E-state index in [1.54, 1.807) is 0 Å². The van der Waals surface area contributed by atoms with Crippen LogP contribution in [0.25, 0.3) is 0 Å². The summed E-state index contributed by atoms with van der Waals surface area (Å²) in [5, 5.41) is 9.93. The Morgan fingerprint density at radius 2 is 2.13 bits per heavy atom. The third-order valence-electron chi connectivity index (χ3n) is 3.43. The molecule has 1 fully saturated rings. The lowest BCUT2D eigenvalue weighted by atomic mass is 9.80. The van der Waals surface area contributed by atoms with Crippen LogP contribution in [0.2, 0.25) is 0 Å². The predicted octanol–water partition coefficient (Wildman–Crippen LogP) is 2.08. The van der Waals surface area contributed by atoms with Gasteiger partial charge in [0.1, 0.15) is 0 Å². The maximum atomic E-state index is 9.93. The van der Waals surface area contributed by atoms with Crippen molar-refractivity contribution in [3.05, 3.63) is 0 Å². The minimum Gasteiger partial charge on any atom is -0.393 e. The normalized spacial score (nSPS) is 32.2. The number of aliphatic hydroxyl groups is 1. The minimum atomic E-state index is -0.0575. The van der Waals surface area contributed by atoms with Crippen molar-refractivity contribution in [1.82, 2.24) is 4.90 Å². The summed E-state index contributed by atoms with van der Waals surface area (Å²) in [4.78, 5) is 2.36. The van der Waals surface area contributed by atoms with Gasteiger partial charge in [0.25, 0.3) is 0 Å². The summed E-state index contributed by atoms with van der Waals surface area (Å²) in [6.45, 7) is 4.51. The van der Waals surface area contributed by atoms with Gasteiger partial charge in [-0.2, -0.15) is 11.8 Å². The van der Waals surface area contributed by atoms with Gasteiger partial charge in [-0.1, -0.05) is 6.92 Å².